The first-order valence-corrected chi connectivity index (χ1v) is 23.8. The first kappa shape index (κ1) is 44.6. The lowest BCUT2D eigenvalue weighted by molar-refractivity contribution is -0.141. The van der Waals surface area contributed by atoms with Gasteiger partial charge in [0, 0.05) is 69.9 Å². The SMILES string of the molecule is Cc1ncsc1-c1ccc([C@H](C)NC(=O)[C@@H]2C[C@@H](O)CN2C(=O)[C@@H](c2cc(OCCN3CCC(N4CCN5c6cc(-c7ccccc7O)nnc6NC[C@H]5C4)C(C)C3)no2)C(C)C)cc1. The molecule has 344 valence electrons. The summed E-state index contributed by atoms with van der Waals surface area (Å²) < 4.78 is 11.9. The first-order chi connectivity index (χ1) is 31.4. The van der Waals surface area contributed by atoms with E-state index in [1.165, 1.54) is 4.90 Å². The lowest BCUT2D eigenvalue weighted by atomic mass is 9.91. The summed E-state index contributed by atoms with van der Waals surface area (Å²) in [7, 11) is 0. The van der Waals surface area contributed by atoms with E-state index >= 15 is 0 Å². The number of likely N-dealkylation sites (tertiary alicyclic amines) is 2. The molecule has 9 rings (SSSR count). The smallest absolute Gasteiger partial charge is 0.254 e. The van der Waals surface area contributed by atoms with Crippen LogP contribution in [0.15, 0.2) is 70.7 Å². The van der Waals surface area contributed by atoms with Gasteiger partial charge in [-0.2, -0.15) is 0 Å². The number of benzene rings is 2. The third-order valence-electron chi connectivity index (χ3n) is 13.7. The lowest BCUT2D eigenvalue weighted by Gasteiger charge is -2.50. The molecule has 2 amide bonds. The van der Waals surface area contributed by atoms with Crippen LogP contribution in [0.1, 0.15) is 69.5 Å². The number of carbonyl (C=O) groups is 2. The van der Waals surface area contributed by atoms with E-state index < -0.39 is 18.1 Å². The number of phenolic OH excluding ortho intramolecular Hbond substituents is 1. The number of amides is 2. The summed E-state index contributed by atoms with van der Waals surface area (Å²) in [6, 6.07) is 18.7. The first-order valence-electron chi connectivity index (χ1n) is 22.9. The van der Waals surface area contributed by atoms with Crippen molar-refractivity contribution in [3.05, 3.63) is 83.2 Å². The van der Waals surface area contributed by atoms with Crippen LogP contribution in [0.4, 0.5) is 11.5 Å². The van der Waals surface area contributed by atoms with Gasteiger partial charge in [0.25, 0.3) is 5.88 Å². The number of rotatable bonds is 13. The zero-order chi connectivity index (χ0) is 45.4. The van der Waals surface area contributed by atoms with Gasteiger partial charge >= 0.3 is 0 Å². The molecule has 0 spiro atoms. The third kappa shape index (κ3) is 9.42. The molecule has 4 aliphatic rings. The number of fused-ring (bicyclic) bond motifs is 3. The van der Waals surface area contributed by atoms with Crippen LogP contribution in [-0.2, 0) is 9.59 Å². The fourth-order valence-corrected chi connectivity index (χ4v) is 11.1. The van der Waals surface area contributed by atoms with Crippen LogP contribution in [0.25, 0.3) is 21.7 Å². The molecule has 5 aromatic rings. The fourth-order valence-electron chi connectivity index (χ4n) is 10.3. The van der Waals surface area contributed by atoms with Crippen LogP contribution >= 0.6 is 11.3 Å². The summed E-state index contributed by atoms with van der Waals surface area (Å²) in [6.45, 7) is 16.9. The average Bonchev–Trinajstić information content (AvgIpc) is 4.06. The molecule has 7 heterocycles. The maximum absolute atomic E-state index is 14.2. The molecule has 0 aliphatic carbocycles. The van der Waals surface area contributed by atoms with E-state index in [1.54, 1.807) is 29.5 Å². The Kier molecular flexibility index (Phi) is 13.1. The number of aryl methyl sites for hydroxylation is 1. The van der Waals surface area contributed by atoms with Gasteiger partial charge in [-0.25, -0.2) is 4.98 Å². The number of aromatic hydroxyl groups is 1. The van der Waals surface area contributed by atoms with Crippen molar-refractivity contribution in [2.75, 3.05) is 69.2 Å². The number of anilines is 2. The minimum Gasteiger partial charge on any atom is -0.507 e. The van der Waals surface area contributed by atoms with Crippen molar-refractivity contribution in [2.45, 2.75) is 83.6 Å². The van der Waals surface area contributed by atoms with Gasteiger partial charge in [-0.3, -0.25) is 19.4 Å². The number of hydrogen-bond donors (Lipinski definition) is 4. The minimum atomic E-state index is -0.821. The summed E-state index contributed by atoms with van der Waals surface area (Å²) in [5.41, 5.74) is 7.20. The highest BCUT2D eigenvalue weighted by Crippen LogP contribution is 2.38. The van der Waals surface area contributed by atoms with Gasteiger partial charge in [-0.15, -0.1) is 21.5 Å². The van der Waals surface area contributed by atoms with Crippen LogP contribution in [0.5, 0.6) is 11.6 Å². The molecule has 7 atom stereocenters. The molecule has 0 bridgehead atoms. The van der Waals surface area contributed by atoms with Gasteiger partial charge in [0.05, 0.1) is 45.7 Å². The molecule has 17 heteroatoms. The number of ether oxygens (including phenoxy) is 1. The van der Waals surface area contributed by atoms with Crippen LogP contribution in [-0.4, -0.2) is 140 Å². The second-order valence-corrected chi connectivity index (χ2v) is 19.3. The Morgan fingerprint density at radius 2 is 1.85 bits per heavy atom. The Morgan fingerprint density at radius 3 is 2.60 bits per heavy atom. The maximum Gasteiger partial charge on any atom is 0.254 e. The highest BCUT2D eigenvalue weighted by Gasteiger charge is 2.44. The van der Waals surface area contributed by atoms with Gasteiger partial charge < -0.3 is 39.9 Å². The van der Waals surface area contributed by atoms with E-state index in [2.05, 4.69) is 52.6 Å². The summed E-state index contributed by atoms with van der Waals surface area (Å²) in [5.74, 6) is 0.678. The van der Waals surface area contributed by atoms with Crippen molar-refractivity contribution in [1.82, 2.24) is 40.4 Å². The summed E-state index contributed by atoms with van der Waals surface area (Å²) >= 11 is 1.59. The molecule has 0 radical (unpaired) electrons. The second-order valence-electron chi connectivity index (χ2n) is 18.5. The number of aromatic nitrogens is 4. The topological polar surface area (TPSA) is 186 Å². The number of aliphatic hydroxyl groups excluding tert-OH is 1. The number of nitrogens with zero attached hydrogens (tertiary/aromatic N) is 8. The van der Waals surface area contributed by atoms with Crippen molar-refractivity contribution >= 4 is 34.7 Å². The number of phenols is 1. The predicted octanol–water partition coefficient (Wildman–Crippen LogP) is 5.55. The molecule has 16 nitrogen and oxygen atoms in total. The molecule has 3 fully saturated rings. The molecule has 2 aromatic carbocycles. The molecule has 65 heavy (non-hydrogen) atoms. The summed E-state index contributed by atoms with van der Waals surface area (Å²) in [5, 5.41) is 40.8. The van der Waals surface area contributed by atoms with Gasteiger partial charge in [0.15, 0.2) is 11.6 Å². The van der Waals surface area contributed by atoms with E-state index in [1.807, 2.05) is 75.7 Å². The minimum absolute atomic E-state index is 0.0604. The zero-order valence-corrected chi connectivity index (χ0v) is 38.6. The van der Waals surface area contributed by atoms with Crippen LogP contribution in [0, 0.1) is 18.8 Å². The van der Waals surface area contributed by atoms with E-state index in [4.69, 9.17) is 9.26 Å². The normalized spacial score (nSPS) is 23.4. The fraction of sp³-hybridized carbons (Fsp3) is 0.500. The van der Waals surface area contributed by atoms with Gasteiger partial charge in [-0.1, -0.05) is 57.2 Å². The highest BCUT2D eigenvalue weighted by molar-refractivity contribution is 7.13. The Balaban J connectivity index is 0.753. The Bertz CT molecular complexity index is 2460. The lowest BCUT2D eigenvalue weighted by Crippen LogP contribution is -2.62. The molecule has 4 aliphatic heterocycles. The Labute approximate surface area is 384 Å². The monoisotopic (exact) mass is 904 g/mol. The number of carbonyl (C=O) groups excluding carboxylic acids is 2. The largest absolute Gasteiger partial charge is 0.507 e. The van der Waals surface area contributed by atoms with E-state index in [0.717, 1.165) is 85.4 Å². The van der Waals surface area contributed by atoms with Crippen molar-refractivity contribution in [3.63, 3.8) is 0 Å². The molecule has 3 aromatic heterocycles. The van der Waals surface area contributed by atoms with Crippen molar-refractivity contribution in [3.8, 4) is 33.3 Å². The molecule has 3 saturated heterocycles. The number of piperidine rings is 1. The van der Waals surface area contributed by atoms with Crippen molar-refractivity contribution in [1.29, 1.82) is 0 Å². The number of thiazole rings is 1. The number of para-hydroxylation sites is 1. The van der Waals surface area contributed by atoms with Gasteiger partial charge in [-0.05, 0) is 73.1 Å². The summed E-state index contributed by atoms with van der Waals surface area (Å²) in [6.07, 6.45) is 0.404. The third-order valence-corrected chi connectivity index (χ3v) is 14.7. The predicted molar refractivity (Wildman–Crippen MR) is 249 cm³/mol. The Morgan fingerprint density at radius 1 is 1.03 bits per heavy atom. The highest BCUT2D eigenvalue weighted by atomic mass is 32.1. The standard InChI is InChI=1S/C48H60N10O6S/c1-28(2)44(48(62)58-26-35(59)20-40(58)47(61)51-30(4)32-10-12-33(13-11-32)45-31(5)50-27-65-45)42-22-43(54-64-42)63-19-18-55-15-14-38(29(3)24-55)56-16-17-57-34(25-56)23-49-46-39(57)21-37(52-53-46)36-8-6-7-9-41(36)60/h6-13,21-22,27-30,34-35,38,40,44,59-60H,14-20,23-26H2,1-5H3,(H,49,53)(H,51,61)/t29?,30-,34-,35+,38?,40-,44+/m0/s1. The zero-order valence-electron chi connectivity index (χ0n) is 37.8. The molecule has 2 unspecified atom stereocenters. The van der Waals surface area contributed by atoms with E-state index in [-0.39, 0.29) is 42.5 Å². The van der Waals surface area contributed by atoms with Crippen molar-refractivity contribution in [2.24, 2.45) is 11.8 Å². The average molecular weight is 905 g/mol. The van der Waals surface area contributed by atoms with Crippen molar-refractivity contribution < 1.29 is 29.1 Å². The molecular formula is C48H60N10O6S. The number of aliphatic hydroxyl groups is 1. The second kappa shape index (κ2) is 19.1. The van der Waals surface area contributed by atoms with E-state index in [9.17, 15) is 19.8 Å². The maximum atomic E-state index is 14.2. The molecule has 4 N–H and O–H groups in total. The number of nitrogens with one attached hydrogen (secondary N) is 2. The van der Waals surface area contributed by atoms with E-state index in [0.29, 0.717) is 47.5 Å². The van der Waals surface area contributed by atoms with Crippen LogP contribution in [0.3, 0.4) is 0 Å². The summed E-state index contributed by atoms with van der Waals surface area (Å²) in [4.78, 5) is 42.5. The van der Waals surface area contributed by atoms with Gasteiger partial charge in [0.2, 0.25) is 11.8 Å². The number of β-amino-alcohol motifs (C(OH)–C–C–N with tert-alkyl or cyclic N) is 1. The van der Waals surface area contributed by atoms with Crippen LogP contribution in [0.2, 0.25) is 0 Å². The number of piperazine rings is 1. The quantitative estimate of drug-likeness (QED) is 0.115. The van der Waals surface area contributed by atoms with Crippen LogP contribution < -0.4 is 20.3 Å². The molecule has 0 saturated carbocycles. The number of hydrogen-bond acceptors (Lipinski definition) is 15. The molecular weight excluding hydrogens is 845 g/mol. The Hall–Kier alpha value is -5.62. The van der Waals surface area contributed by atoms with Gasteiger partial charge in [0.1, 0.15) is 24.3 Å².